The first-order chi connectivity index (χ1) is 7.17. The Bertz CT molecular complexity index is 166. The minimum atomic E-state index is 0.748. The van der Waals surface area contributed by atoms with E-state index in [1.165, 1.54) is 38.8 Å². The zero-order chi connectivity index (χ0) is 11.3. The van der Waals surface area contributed by atoms with Crippen LogP contribution in [-0.2, 0) is 0 Å². The molecule has 1 saturated heterocycles. The lowest BCUT2D eigenvalue weighted by molar-refractivity contribution is 0.165. The summed E-state index contributed by atoms with van der Waals surface area (Å²) >= 11 is 0. The molecule has 2 atom stereocenters. The van der Waals surface area contributed by atoms with Gasteiger partial charge in [-0.05, 0) is 45.8 Å². The highest BCUT2D eigenvalue weighted by molar-refractivity contribution is 4.81. The highest BCUT2D eigenvalue weighted by Gasteiger charge is 2.22. The van der Waals surface area contributed by atoms with Gasteiger partial charge >= 0.3 is 0 Å². The fraction of sp³-hybridized carbons (Fsp3) is 1.00. The average Bonchev–Trinajstić information content (AvgIpc) is 2.24. The summed E-state index contributed by atoms with van der Waals surface area (Å²) in [7, 11) is 2.24. The van der Waals surface area contributed by atoms with E-state index in [9.17, 15) is 0 Å². The molecular weight excluding hydrogens is 184 g/mol. The van der Waals surface area contributed by atoms with Gasteiger partial charge in [-0.3, -0.25) is 0 Å². The quantitative estimate of drug-likeness (QED) is 0.753. The molecule has 0 saturated carbocycles. The van der Waals surface area contributed by atoms with E-state index in [-0.39, 0.29) is 0 Å². The first kappa shape index (κ1) is 13.0. The van der Waals surface area contributed by atoms with Crippen molar-refractivity contribution >= 4 is 0 Å². The predicted molar refractivity (Wildman–Crippen MR) is 67.2 cm³/mol. The van der Waals surface area contributed by atoms with E-state index >= 15 is 0 Å². The van der Waals surface area contributed by atoms with Gasteiger partial charge < -0.3 is 10.2 Å². The van der Waals surface area contributed by atoms with Gasteiger partial charge in [0, 0.05) is 12.1 Å². The molecule has 1 N–H and O–H groups in total. The van der Waals surface area contributed by atoms with Crippen molar-refractivity contribution in [2.24, 2.45) is 5.92 Å². The first-order valence-electron chi connectivity index (χ1n) is 6.60. The van der Waals surface area contributed by atoms with Crippen molar-refractivity contribution in [1.29, 1.82) is 0 Å². The van der Waals surface area contributed by atoms with Gasteiger partial charge in [-0.15, -0.1) is 0 Å². The van der Waals surface area contributed by atoms with Crippen LogP contribution in [-0.4, -0.2) is 37.1 Å². The molecule has 1 heterocycles. The summed E-state index contributed by atoms with van der Waals surface area (Å²) in [6.07, 6.45) is 5.26. The monoisotopic (exact) mass is 212 g/mol. The van der Waals surface area contributed by atoms with Crippen molar-refractivity contribution in [1.82, 2.24) is 10.2 Å². The van der Waals surface area contributed by atoms with Crippen LogP contribution in [0.1, 0.15) is 46.5 Å². The third-order valence-corrected chi connectivity index (χ3v) is 4.06. The SMILES string of the molecule is CCC(CC)CNC1CCN(C)C(C)C1. The summed E-state index contributed by atoms with van der Waals surface area (Å²) in [6, 6.07) is 1.51. The Hall–Kier alpha value is -0.0800. The lowest BCUT2D eigenvalue weighted by Gasteiger charge is -2.36. The van der Waals surface area contributed by atoms with Gasteiger partial charge in [-0.1, -0.05) is 26.7 Å². The van der Waals surface area contributed by atoms with Crippen LogP contribution in [0.2, 0.25) is 0 Å². The molecule has 2 heteroatoms. The number of nitrogens with zero attached hydrogens (tertiary/aromatic N) is 1. The Kier molecular flexibility index (Phi) is 5.62. The molecule has 1 rings (SSSR count). The molecule has 1 fully saturated rings. The lowest BCUT2D eigenvalue weighted by atomic mass is 9.97. The number of hydrogen-bond acceptors (Lipinski definition) is 2. The molecule has 0 amide bonds. The summed E-state index contributed by atoms with van der Waals surface area (Å²) in [4.78, 5) is 2.47. The largest absolute Gasteiger partial charge is 0.314 e. The van der Waals surface area contributed by atoms with Gasteiger partial charge in [0.25, 0.3) is 0 Å². The third-order valence-electron chi connectivity index (χ3n) is 4.06. The van der Waals surface area contributed by atoms with Gasteiger partial charge in [0.05, 0.1) is 0 Å². The molecule has 0 aromatic carbocycles. The van der Waals surface area contributed by atoms with Crippen LogP contribution in [0, 0.1) is 5.92 Å². The molecule has 90 valence electrons. The Morgan fingerprint density at radius 1 is 1.33 bits per heavy atom. The van der Waals surface area contributed by atoms with Gasteiger partial charge in [-0.2, -0.15) is 0 Å². The number of likely N-dealkylation sites (tertiary alicyclic amines) is 1. The predicted octanol–water partition coefficient (Wildman–Crippen LogP) is 2.49. The van der Waals surface area contributed by atoms with E-state index in [1.54, 1.807) is 0 Å². The number of rotatable bonds is 5. The number of nitrogens with one attached hydrogen (secondary N) is 1. The van der Waals surface area contributed by atoms with E-state index in [2.05, 4.69) is 38.0 Å². The van der Waals surface area contributed by atoms with Crippen LogP contribution in [0.4, 0.5) is 0 Å². The van der Waals surface area contributed by atoms with Crippen LogP contribution in [0.15, 0.2) is 0 Å². The van der Waals surface area contributed by atoms with E-state index < -0.39 is 0 Å². The minimum Gasteiger partial charge on any atom is -0.314 e. The van der Waals surface area contributed by atoms with Gasteiger partial charge in [0.15, 0.2) is 0 Å². The highest BCUT2D eigenvalue weighted by Crippen LogP contribution is 2.16. The molecule has 0 aromatic heterocycles. The van der Waals surface area contributed by atoms with Gasteiger partial charge in [-0.25, -0.2) is 0 Å². The standard InChI is InChI=1S/C13H28N2/c1-5-12(6-2)10-14-13-7-8-15(4)11(3)9-13/h11-14H,5-10H2,1-4H3. The zero-order valence-electron chi connectivity index (χ0n) is 10.9. The van der Waals surface area contributed by atoms with Crippen molar-refractivity contribution in [2.75, 3.05) is 20.1 Å². The summed E-state index contributed by atoms with van der Waals surface area (Å²) < 4.78 is 0. The van der Waals surface area contributed by atoms with Gasteiger partial charge in [0.1, 0.15) is 0 Å². The Labute approximate surface area is 95.4 Å². The Morgan fingerprint density at radius 2 is 2.00 bits per heavy atom. The van der Waals surface area contributed by atoms with E-state index in [4.69, 9.17) is 0 Å². The molecule has 2 unspecified atom stereocenters. The van der Waals surface area contributed by atoms with Crippen molar-refractivity contribution < 1.29 is 0 Å². The molecule has 1 aliphatic heterocycles. The molecule has 0 aromatic rings. The van der Waals surface area contributed by atoms with E-state index in [1.807, 2.05) is 0 Å². The lowest BCUT2D eigenvalue weighted by Crippen LogP contribution is -2.46. The van der Waals surface area contributed by atoms with Crippen molar-refractivity contribution in [2.45, 2.75) is 58.5 Å². The Balaban J connectivity index is 2.22. The van der Waals surface area contributed by atoms with Crippen LogP contribution < -0.4 is 5.32 Å². The fourth-order valence-electron chi connectivity index (χ4n) is 2.39. The molecule has 2 nitrogen and oxygen atoms in total. The molecular formula is C13H28N2. The topological polar surface area (TPSA) is 15.3 Å². The summed E-state index contributed by atoms with van der Waals surface area (Å²) in [6.45, 7) is 9.40. The Morgan fingerprint density at radius 3 is 2.53 bits per heavy atom. The molecule has 0 aliphatic carbocycles. The van der Waals surface area contributed by atoms with Crippen LogP contribution in [0.3, 0.4) is 0 Å². The molecule has 0 radical (unpaired) electrons. The van der Waals surface area contributed by atoms with Crippen LogP contribution in [0.25, 0.3) is 0 Å². The second-order valence-electron chi connectivity index (χ2n) is 5.14. The molecule has 1 aliphatic rings. The zero-order valence-corrected chi connectivity index (χ0v) is 10.9. The van der Waals surface area contributed by atoms with Crippen molar-refractivity contribution in [3.8, 4) is 0 Å². The maximum absolute atomic E-state index is 3.75. The van der Waals surface area contributed by atoms with E-state index in [0.717, 1.165) is 18.0 Å². The third kappa shape index (κ3) is 4.12. The highest BCUT2D eigenvalue weighted by atomic mass is 15.1. The molecule has 0 bridgehead atoms. The first-order valence-corrected chi connectivity index (χ1v) is 6.60. The van der Waals surface area contributed by atoms with Gasteiger partial charge in [0.2, 0.25) is 0 Å². The maximum Gasteiger partial charge on any atom is 0.00941 e. The fourth-order valence-corrected chi connectivity index (χ4v) is 2.39. The number of piperidine rings is 1. The molecule has 15 heavy (non-hydrogen) atoms. The summed E-state index contributed by atoms with van der Waals surface area (Å²) in [5.74, 6) is 0.875. The van der Waals surface area contributed by atoms with Crippen molar-refractivity contribution in [3.63, 3.8) is 0 Å². The van der Waals surface area contributed by atoms with Crippen LogP contribution in [0.5, 0.6) is 0 Å². The summed E-state index contributed by atoms with van der Waals surface area (Å²) in [5.41, 5.74) is 0. The van der Waals surface area contributed by atoms with Crippen molar-refractivity contribution in [3.05, 3.63) is 0 Å². The van der Waals surface area contributed by atoms with E-state index in [0.29, 0.717) is 0 Å². The maximum atomic E-state index is 3.75. The minimum absolute atomic E-state index is 0.748. The number of hydrogen-bond donors (Lipinski definition) is 1. The normalized spacial score (nSPS) is 28.6. The smallest absolute Gasteiger partial charge is 0.00941 e. The second-order valence-corrected chi connectivity index (χ2v) is 5.14. The molecule has 0 spiro atoms. The second kappa shape index (κ2) is 6.49. The van der Waals surface area contributed by atoms with Crippen LogP contribution >= 0.6 is 0 Å². The average molecular weight is 212 g/mol. The summed E-state index contributed by atoms with van der Waals surface area (Å²) in [5, 5.41) is 3.75.